The normalized spacial score (nSPS) is 12.2. The van der Waals surface area contributed by atoms with E-state index in [1.807, 2.05) is 24.4 Å². The average Bonchev–Trinajstić information content (AvgIpc) is 3.09. The van der Waals surface area contributed by atoms with E-state index in [1.54, 1.807) is 11.3 Å². The Hall–Kier alpha value is -1.85. The quantitative estimate of drug-likeness (QED) is 0.718. The topological polar surface area (TPSA) is 41.1 Å². The summed E-state index contributed by atoms with van der Waals surface area (Å²) in [5, 5.41) is 12.1. The van der Waals surface area contributed by atoms with E-state index in [0.29, 0.717) is 0 Å². The minimum absolute atomic E-state index is 0.0861. The third kappa shape index (κ3) is 3.43. The second-order valence-corrected chi connectivity index (χ2v) is 6.80. The van der Waals surface area contributed by atoms with Crippen molar-refractivity contribution in [3.63, 3.8) is 0 Å². The van der Waals surface area contributed by atoms with Crippen molar-refractivity contribution >= 4 is 43.8 Å². The first-order chi connectivity index (χ1) is 10.2. The third-order valence-electron chi connectivity index (χ3n) is 3.22. The first-order valence-electron chi connectivity index (χ1n) is 6.78. The highest BCUT2D eigenvalue weighted by Crippen LogP contribution is 2.26. The summed E-state index contributed by atoms with van der Waals surface area (Å²) in [5.41, 5.74) is 1.29. The molecule has 0 saturated heterocycles. The van der Waals surface area contributed by atoms with Crippen LogP contribution in [0.2, 0.25) is 0 Å². The molecule has 0 bridgehead atoms. The lowest BCUT2D eigenvalue weighted by Gasteiger charge is -2.13. The zero-order chi connectivity index (χ0) is 14.7. The molecule has 5 heteroatoms. The first kappa shape index (κ1) is 14.1. The Labute approximate surface area is 131 Å². The number of nitrogens with one attached hydrogen (secondary N) is 2. The van der Waals surface area contributed by atoms with Crippen LogP contribution in [0, 0.1) is 0 Å². The number of rotatable bonds is 4. The minimum atomic E-state index is -0.149. The van der Waals surface area contributed by atoms with Crippen LogP contribution in [0.1, 0.15) is 12.5 Å². The Morgan fingerprint density at radius 3 is 2.86 bits per heavy atom. The van der Waals surface area contributed by atoms with Gasteiger partial charge in [0.15, 0.2) is 0 Å². The van der Waals surface area contributed by atoms with Gasteiger partial charge in [0.2, 0.25) is 0 Å². The van der Waals surface area contributed by atoms with Crippen molar-refractivity contribution in [2.24, 2.45) is 0 Å². The zero-order valence-corrected chi connectivity index (χ0v) is 13.3. The molecule has 108 valence electrons. The second kappa shape index (κ2) is 6.28. The van der Waals surface area contributed by atoms with Gasteiger partial charge in [0.05, 0.1) is 5.00 Å². The fraction of sp³-hybridized carbons (Fsp3) is 0.188. The summed E-state index contributed by atoms with van der Waals surface area (Å²) in [6.07, 6.45) is 0.835. The largest absolute Gasteiger partial charge is 0.335 e. The van der Waals surface area contributed by atoms with E-state index < -0.39 is 0 Å². The van der Waals surface area contributed by atoms with E-state index in [1.165, 1.54) is 27.0 Å². The molecule has 0 fully saturated rings. The molecule has 0 saturated carbocycles. The number of urea groups is 1. The SMILES string of the molecule is C[C@H](Cc1csc2ccccc12)NC(=O)Nc1cccs1. The van der Waals surface area contributed by atoms with Crippen LogP contribution >= 0.6 is 22.7 Å². The number of benzene rings is 1. The van der Waals surface area contributed by atoms with Crippen LogP contribution in [0.3, 0.4) is 0 Å². The van der Waals surface area contributed by atoms with Crippen LogP contribution < -0.4 is 10.6 Å². The lowest BCUT2D eigenvalue weighted by Crippen LogP contribution is -2.37. The summed E-state index contributed by atoms with van der Waals surface area (Å²) in [6, 6.07) is 12.1. The number of anilines is 1. The van der Waals surface area contributed by atoms with Crippen LogP contribution in [-0.2, 0) is 6.42 Å². The Morgan fingerprint density at radius 2 is 2.05 bits per heavy atom. The standard InChI is InChI=1S/C16H16N2OS2/c1-11(17-16(19)18-15-7-4-8-20-15)9-12-10-21-14-6-3-2-5-13(12)14/h2-8,10-11H,9H2,1H3,(H2,17,18,19)/t11-/m1/s1. The molecular weight excluding hydrogens is 300 g/mol. The Balaban J connectivity index is 1.61. The van der Waals surface area contributed by atoms with E-state index >= 15 is 0 Å². The molecule has 0 spiro atoms. The number of amides is 2. The van der Waals surface area contributed by atoms with Crippen LogP contribution in [0.15, 0.2) is 47.2 Å². The van der Waals surface area contributed by atoms with Gasteiger partial charge in [-0.15, -0.1) is 22.7 Å². The Bertz CT molecular complexity index is 734. The maximum absolute atomic E-state index is 11.9. The molecule has 2 N–H and O–H groups in total. The number of hydrogen-bond donors (Lipinski definition) is 2. The summed E-state index contributed by atoms with van der Waals surface area (Å²) in [4.78, 5) is 11.9. The van der Waals surface area contributed by atoms with Crippen molar-refractivity contribution in [3.8, 4) is 0 Å². The maximum Gasteiger partial charge on any atom is 0.320 e. The molecule has 0 aliphatic heterocycles. The predicted molar refractivity (Wildman–Crippen MR) is 91.5 cm³/mol. The number of carbonyl (C=O) groups is 1. The molecule has 3 nitrogen and oxygen atoms in total. The molecule has 2 heterocycles. The molecule has 3 aromatic rings. The Morgan fingerprint density at radius 1 is 1.19 bits per heavy atom. The van der Waals surface area contributed by atoms with Crippen molar-refractivity contribution in [2.45, 2.75) is 19.4 Å². The molecule has 21 heavy (non-hydrogen) atoms. The van der Waals surface area contributed by atoms with Crippen LogP contribution in [0.25, 0.3) is 10.1 Å². The summed E-state index contributed by atoms with van der Waals surface area (Å²) in [7, 11) is 0. The van der Waals surface area contributed by atoms with Crippen LogP contribution in [0.5, 0.6) is 0 Å². The number of fused-ring (bicyclic) bond motifs is 1. The van der Waals surface area contributed by atoms with E-state index in [0.717, 1.165) is 11.4 Å². The number of thiophene rings is 2. The average molecular weight is 316 g/mol. The second-order valence-electron chi connectivity index (χ2n) is 4.94. The molecular formula is C16H16N2OS2. The maximum atomic E-state index is 11.9. The molecule has 0 unspecified atom stereocenters. The fourth-order valence-electron chi connectivity index (χ4n) is 2.29. The van der Waals surface area contributed by atoms with Gasteiger partial charge in [-0.2, -0.15) is 0 Å². The molecule has 1 atom stereocenters. The molecule has 2 amide bonds. The highest BCUT2D eigenvalue weighted by Gasteiger charge is 2.11. The third-order valence-corrected chi connectivity index (χ3v) is 5.02. The summed E-state index contributed by atoms with van der Waals surface area (Å²) < 4.78 is 1.29. The van der Waals surface area contributed by atoms with Gasteiger partial charge >= 0.3 is 6.03 Å². The van der Waals surface area contributed by atoms with Gasteiger partial charge < -0.3 is 5.32 Å². The van der Waals surface area contributed by atoms with Gasteiger partial charge in [-0.1, -0.05) is 18.2 Å². The van der Waals surface area contributed by atoms with Gasteiger partial charge in [-0.3, -0.25) is 5.32 Å². The van der Waals surface area contributed by atoms with Crippen molar-refractivity contribution in [2.75, 3.05) is 5.32 Å². The number of hydrogen-bond acceptors (Lipinski definition) is 3. The van der Waals surface area contributed by atoms with Crippen LogP contribution in [0.4, 0.5) is 9.80 Å². The van der Waals surface area contributed by atoms with Gasteiger partial charge in [0.25, 0.3) is 0 Å². The highest BCUT2D eigenvalue weighted by atomic mass is 32.1. The van der Waals surface area contributed by atoms with Crippen molar-refractivity contribution < 1.29 is 4.79 Å². The summed E-state index contributed by atoms with van der Waals surface area (Å²) in [5.74, 6) is 0. The molecule has 0 aliphatic rings. The lowest BCUT2D eigenvalue weighted by molar-refractivity contribution is 0.249. The van der Waals surface area contributed by atoms with E-state index in [-0.39, 0.29) is 12.1 Å². The van der Waals surface area contributed by atoms with Gasteiger partial charge in [0.1, 0.15) is 0 Å². The predicted octanol–water partition coefficient (Wildman–Crippen LogP) is 4.72. The zero-order valence-electron chi connectivity index (χ0n) is 11.6. The first-order valence-corrected chi connectivity index (χ1v) is 8.54. The molecule has 0 radical (unpaired) electrons. The fourth-order valence-corrected chi connectivity index (χ4v) is 3.88. The molecule has 0 aliphatic carbocycles. The summed E-state index contributed by atoms with van der Waals surface area (Å²) in [6.45, 7) is 2.03. The highest BCUT2D eigenvalue weighted by molar-refractivity contribution is 7.17. The van der Waals surface area contributed by atoms with Gasteiger partial charge in [-0.05, 0) is 53.3 Å². The van der Waals surface area contributed by atoms with E-state index in [9.17, 15) is 4.79 Å². The molecule has 2 aromatic heterocycles. The monoisotopic (exact) mass is 316 g/mol. The van der Waals surface area contributed by atoms with Crippen molar-refractivity contribution in [3.05, 3.63) is 52.7 Å². The molecule has 1 aromatic carbocycles. The van der Waals surface area contributed by atoms with E-state index in [4.69, 9.17) is 0 Å². The lowest BCUT2D eigenvalue weighted by atomic mass is 10.1. The minimum Gasteiger partial charge on any atom is -0.335 e. The Kier molecular flexibility index (Phi) is 4.22. The van der Waals surface area contributed by atoms with Gasteiger partial charge in [-0.25, -0.2) is 4.79 Å². The van der Waals surface area contributed by atoms with E-state index in [2.05, 4.69) is 40.3 Å². The van der Waals surface area contributed by atoms with Crippen LogP contribution in [-0.4, -0.2) is 12.1 Å². The van der Waals surface area contributed by atoms with Crippen molar-refractivity contribution in [1.82, 2.24) is 5.32 Å². The molecule has 3 rings (SSSR count). The summed E-state index contributed by atoms with van der Waals surface area (Å²) >= 11 is 3.27. The number of carbonyl (C=O) groups excluding carboxylic acids is 1. The smallest absolute Gasteiger partial charge is 0.320 e. The van der Waals surface area contributed by atoms with Crippen molar-refractivity contribution in [1.29, 1.82) is 0 Å². The van der Waals surface area contributed by atoms with Gasteiger partial charge in [0, 0.05) is 10.7 Å².